The summed E-state index contributed by atoms with van der Waals surface area (Å²) < 4.78 is 9.79. The van der Waals surface area contributed by atoms with Gasteiger partial charge in [-0.1, -0.05) is 90.4 Å². The van der Waals surface area contributed by atoms with Gasteiger partial charge in [0.15, 0.2) is 0 Å². The standard InChI is InChI=1S/C23H44O4/c1-3-4-5-6-7-8-9-10-11-12-13-14-15-18-21-27-23(25)20-17-16-19-22(24)26-2/h3-21H2,1-2H3. The molecule has 0 heterocycles. The zero-order chi connectivity index (χ0) is 20.0. The Morgan fingerprint density at radius 1 is 0.556 bits per heavy atom. The normalized spacial score (nSPS) is 10.7. The number of hydrogen-bond donors (Lipinski definition) is 0. The molecule has 0 N–H and O–H groups in total. The van der Waals surface area contributed by atoms with Crippen LogP contribution >= 0.6 is 0 Å². The Morgan fingerprint density at radius 3 is 1.41 bits per heavy atom. The third kappa shape index (κ3) is 21.1. The van der Waals surface area contributed by atoms with Crippen molar-refractivity contribution in [3.8, 4) is 0 Å². The molecule has 0 aromatic carbocycles. The lowest BCUT2D eigenvalue weighted by Gasteiger charge is -2.05. The molecule has 0 rings (SSSR count). The van der Waals surface area contributed by atoms with Crippen LogP contribution in [-0.4, -0.2) is 25.7 Å². The molecule has 4 heteroatoms. The van der Waals surface area contributed by atoms with Crippen LogP contribution in [0.5, 0.6) is 0 Å². The van der Waals surface area contributed by atoms with E-state index in [2.05, 4.69) is 11.7 Å². The van der Waals surface area contributed by atoms with Crippen LogP contribution in [0.15, 0.2) is 0 Å². The van der Waals surface area contributed by atoms with Crippen LogP contribution < -0.4 is 0 Å². The highest BCUT2D eigenvalue weighted by atomic mass is 16.5. The maximum Gasteiger partial charge on any atom is 0.305 e. The van der Waals surface area contributed by atoms with Gasteiger partial charge in [0.1, 0.15) is 0 Å². The van der Waals surface area contributed by atoms with Gasteiger partial charge in [0.25, 0.3) is 0 Å². The molecule has 0 saturated heterocycles. The molecule has 0 aromatic rings. The number of carbonyl (C=O) groups is 2. The molecule has 0 saturated carbocycles. The van der Waals surface area contributed by atoms with Crippen molar-refractivity contribution in [2.45, 2.75) is 122 Å². The fourth-order valence-corrected chi connectivity index (χ4v) is 3.20. The van der Waals surface area contributed by atoms with E-state index in [9.17, 15) is 9.59 Å². The Morgan fingerprint density at radius 2 is 0.963 bits per heavy atom. The first-order chi connectivity index (χ1) is 13.2. The number of esters is 2. The van der Waals surface area contributed by atoms with Crippen molar-refractivity contribution >= 4 is 11.9 Å². The zero-order valence-electron chi connectivity index (χ0n) is 18.1. The van der Waals surface area contributed by atoms with E-state index in [-0.39, 0.29) is 11.9 Å². The molecular formula is C23H44O4. The number of unbranched alkanes of at least 4 members (excludes halogenated alkanes) is 14. The second-order valence-corrected chi connectivity index (χ2v) is 7.60. The third-order valence-corrected chi connectivity index (χ3v) is 5.00. The molecule has 0 aliphatic heterocycles. The van der Waals surface area contributed by atoms with Gasteiger partial charge in [-0.25, -0.2) is 0 Å². The third-order valence-electron chi connectivity index (χ3n) is 5.00. The second kappa shape index (κ2) is 21.2. The summed E-state index contributed by atoms with van der Waals surface area (Å²) in [5.41, 5.74) is 0. The van der Waals surface area contributed by atoms with Crippen LogP contribution in [0.2, 0.25) is 0 Å². The summed E-state index contributed by atoms with van der Waals surface area (Å²) in [5, 5.41) is 0. The summed E-state index contributed by atoms with van der Waals surface area (Å²) in [5.74, 6) is -0.361. The highest BCUT2D eigenvalue weighted by Crippen LogP contribution is 2.13. The van der Waals surface area contributed by atoms with Gasteiger partial charge in [-0.05, 0) is 19.3 Å². The van der Waals surface area contributed by atoms with Gasteiger partial charge in [0.2, 0.25) is 0 Å². The van der Waals surface area contributed by atoms with Crippen molar-refractivity contribution < 1.29 is 19.1 Å². The average Bonchev–Trinajstić information content (AvgIpc) is 2.68. The minimum Gasteiger partial charge on any atom is -0.469 e. The van der Waals surface area contributed by atoms with Gasteiger partial charge in [-0.2, -0.15) is 0 Å². The van der Waals surface area contributed by atoms with Crippen LogP contribution in [0.4, 0.5) is 0 Å². The van der Waals surface area contributed by atoms with E-state index in [4.69, 9.17) is 4.74 Å². The molecule has 0 fully saturated rings. The summed E-state index contributed by atoms with van der Waals surface area (Å²) in [6.45, 7) is 2.80. The summed E-state index contributed by atoms with van der Waals surface area (Å²) in [4.78, 5) is 22.5. The van der Waals surface area contributed by atoms with Crippen molar-refractivity contribution in [2.75, 3.05) is 13.7 Å². The molecule has 27 heavy (non-hydrogen) atoms. The van der Waals surface area contributed by atoms with E-state index >= 15 is 0 Å². The molecule has 0 spiro atoms. The smallest absolute Gasteiger partial charge is 0.305 e. The fourth-order valence-electron chi connectivity index (χ4n) is 3.20. The number of hydrogen-bond acceptors (Lipinski definition) is 4. The first kappa shape index (κ1) is 25.9. The van der Waals surface area contributed by atoms with Crippen molar-refractivity contribution in [3.63, 3.8) is 0 Å². The van der Waals surface area contributed by atoms with Crippen molar-refractivity contribution in [2.24, 2.45) is 0 Å². The molecule has 0 radical (unpaired) electrons. The molecule has 4 nitrogen and oxygen atoms in total. The Balaban J connectivity index is 3.15. The van der Waals surface area contributed by atoms with E-state index in [1.165, 1.54) is 84.2 Å². The van der Waals surface area contributed by atoms with Crippen molar-refractivity contribution in [3.05, 3.63) is 0 Å². The fraction of sp³-hybridized carbons (Fsp3) is 0.913. The maximum absolute atomic E-state index is 11.6. The second-order valence-electron chi connectivity index (χ2n) is 7.60. The van der Waals surface area contributed by atoms with Crippen LogP contribution in [-0.2, 0) is 19.1 Å². The molecule has 0 amide bonds. The number of carbonyl (C=O) groups excluding carboxylic acids is 2. The van der Waals surface area contributed by atoms with Gasteiger partial charge >= 0.3 is 11.9 Å². The molecule has 0 unspecified atom stereocenters. The molecule has 0 atom stereocenters. The average molecular weight is 385 g/mol. The van der Waals surface area contributed by atoms with Crippen LogP contribution in [0, 0.1) is 0 Å². The highest BCUT2D eigenvalue weighted by molar-refractivity contribution is 5.70. The first-order valence-corrected chi connectivity index (χ1v) is 11.4. The predicted octanol–water partition coefficient (Wildman–Crippen LogP) is 6.74. The Hall–Kier alpha value is -1.06. The lowest BCUT2D eigenvalue weighted by atomic mass is 10.0. The van der Waals surface area contributed by atoms with Gasteiger partial charge in [-0.3, -0.25) is 9.59 Å². The summed E-state index contributed by atoms with van der Waals surface area (Å²) >= 11 is 0. The van der Waals surface area contributed by atoms with E-state index in [1.807, 2.05) is 0 Å². The summed E-state index contributed by atoms with van der Waals surface area (Å²) in [6, 6.07) is 0. The molecule has 0 aliphatic carbocycles. The predicted molar refractivity (Wildman–Crippen MR) is 112 cm³/mol. The lowest BCUT2D eigenvalue weighted by molar-refractivity contribution is -0.145. The van der Waals surface area contributed by atoms with Crippen LogP contribution in [0.3, 0.4) is 0 Å². The van der Waals surface area contributed by atoms with Gasteiger partial charge in [0, 0.05) is 12.8 Å². The van der Waals surface area contributed by atoms with Crippen molar-refractivity contribution in [1.82, 2.24) is 0 Å². The summed E-state index contributed by atoms with van der Waals surface area (Å²) in [6.07, 6.45) is 20.7. The topological polar surface area (TPSA) is 52.6 Å². The van der Waals surface area contributed by atoms with E-state index in [0.717, 1.165) is 12.8 Å². The van der Waals surface area contributed by atoms with Gasteiger partial charge < -0.3 is 9.47 Å². The molecule has 0 bridgehead atoms. The Labute approximate surface area is 167 Å². The van der Waals surface area contributed by atoms with E-state index < -0.39 is 0 Å². The maximum atomic E-state index is 11.6. The number of rotatable bonds is 20. The number of ether oxygens (including phenoxy) is 2. The Bertz CT molecular complexity index is 341. The minimum absolute atomic E-state index is 0.144. The molecule has 160 valence electrons. The minimum atomic E-state index is -0.217. The van der Waals surface area contributed by atoms with E-state index in [0.29, 0.717) is 32.3 Å². The SMILES string of the molecule is CCCCCCCCCCCCCCCCOC(=O)CCCCC(=O)OC. The largest absolute Gasteiger partial charge is 0.469 e. The molecular weight excluding hydrogens is 340 g/mol. The number of methoxy groups -OCH3 is 1. The van der Waals surface area contributed by atoms with Crippen LogP contribution in [0.25, 0.3) is 0 Å². The first-order valence-electron chi connectivity index (χ1n) is 11.4. The van der Waals surface area contributed by atoms with Gasteiger partial charge in [0.05, 0.1) is 13.7 Å². The summed E-state index contributed by atoms with van der Waals surface area (Å²) in [7, 11) is 1.38. The van der Waals surface area contributed by atoms with Gasteiger partial charge in [-0.15, -0.1) is 0 Å². The molecule has 0 aliphatic rings. The van der Waals surface area contributed by atoms with Crippen LogP contribution in [0.1, 0.15) is 122 Å². The lowest BCUT2D eigenvalue weighted by Crippen LogP contribution is -2.06. The highest BCUT2D eigenvalue weighted by Gasteiger charge is 2.04. The van der Waals surface area contributed by atoms with E-state index in [1.54, 1.807) is 0 Å². The quantitative estimate of drug-likeness (QED) is 0.172. The Kier molecular flexibility index (Phi) is 20.4. The molecule has 0 aromatic heterocycles. The monoisotopic (exact) mass is 384 g/mol. The zero-order valence-corrected chi connectivity index (χ0v) is 18.1. The van der Waals surface area contributed by atoms with Crippen molar-refractivity contribution in [1.29, 1.82) is 0 Å².